The molecule has 0 bridgehead atoms. The van der Waals surface area contributed by atoms with E-state index < -0.39 is 10.8 Å². The maximum Gasteiger partial charge on any atom is 0.248 e. The molecule has 12 heteroatoms. The molecule has 218 valence electrons. The summed E-state index contributed by atoms with van der Waals surface area (Å²) in [5.41, 5.74) is 8.98. The number of piperazine rings is 1. The second kappa shape index (κ2) is 11.9. The van der Waals surface area contributed by atoms with Crippen LogP contribution in [0.15, 0.2) is 32.9 Å². The minimum Gasteiger partial charge on any atom is -0.402 e. The molecule has 4 aliphatic rings. The highest BCUT2D eigenvalue weighted by Gasteiger charge is 2.51. The normalized spacial score (nSPS) is 24.2. The van der Waals surface area contributed by atoms with E-state index in [0.29, 0.717) is 29.4 Å². The van der Waals surface area contributed by atoms with Gasteiger partial charge in [-0.05, 0) is 46.5 Å². The van der Waals surface area contributed by atoms with E-state index in [4.69, 9.17) is 20.4 Å². The first-order chi connectivity index (χ1) is 19.2. The topological polar surface area (TPSA) is 138 Å². The summed E-state index contributed by atoms with van der Waals surface area (Å²) in [5, 5.41) is 6.63. The molecule has 1 aromatic heterocycles. The molecule has 40 heavy (non-hydrogen) atoms. The second-order valence-corrected chi connectivity index (χ2v) is 12.9. The van der Waals surface area contributed by atoms with Gasteiger partial charge in [-0.25, -0.2) is 4.98 Å². The molecule has 0 aromatic carbocycles. The number of hydrogen-bond acceptors (Lipinski definition) is 10. The number of aliphatic imine (C=N–C) groups is 1. The van der Waals surface area contributed by atoms with Crippen LogP contribution < -0.4 is 21.3 Å². The average Bonchev–Trinajstić information content (AvgIpc) is 3.60. The smallest absolute Gasteiger partial charge is 0.248 e. The largest absolute Gasteiger partial charge is 0.402 e. The van der Waals surface area contributed by atoms with Crippen molar-refractivity contribution in [3.8, 4) is 0 Å². The minimum absolute atomic E-state index is 0.0291. The number of rotatable bonds is 8. The molecule has 4 N–H and O–H groups in total. The second-order valence-electron chi connectivity index (χ2n) is 11.4. The van der Waals surface area contributed by atoms with Gasteiger partial charge in [0.05, 0.1) is 28.1 Å². The van der Waals surface area contributed by atoms with E-state index in [1.54, 1.807) is 13.3 Å². The SMILES string of the molecule is CN=CC(=C(C)N)C(C)NC(=O)/C(C)=C/N1CCN(c2nc3c(c(NC4CCOCC4)n2)S(=O)CC3)CC12CC2. The van der Waals surface area contributed by atoms with Crippen LogP contribution in [-0.2, 0) is 26.8 Å². The standard InChI is InChI=1S/C28H42N8O3S/c1-18(26(37)31-20(3)22(15-30-4)19(2)29)16-36-11-10-35(17-28(36)8-9-28)27-33-23-7-14-40(38)24(23)25(34-27)32-21-5-12-39-13-6-21/h15-16,20-21H,5-14,17,29H2,1-4H3,(H,31,37)(H,32,33,34)/b18-16+,22-19?,30-15?. The molecule has 3 aliphatic heterocycles. The molecule has 0 radical (unpaired) electrons. The highest BCUT2D eigenvalue weighted by atomic mass is 32.2. The van der Waals surface area contributed by atoms with Gasteiger partial charge in [-0.2, -0.15) is 4.98 Å². The summed E-state index contributed by atoms with van der Waals surface area (Å²) < 4.78 is 18.3. The maximum atomic E-state index is 13.0. The van der Waals surface area contributed by atoms with Crippen LogP contribution in [0, 0.1) is 0 Å². The zero-order chi connectivity index (χ0) is 28.4. The van der Waals surface area contributed by atoms with Crippen molar-refractivity contribution in [3.63, 3.8) is 0 Å². The van der Waals surface area contributed by atoms with Crippen LogP contribution >= 0.6 is 0 Å². The van der Waals surface area contributed by atoms with E-state index in [0.717, 1.165) is 80.5 Å². The minimum atomic E-state index is -1.07. The summed E-state index contributed by atoms with van der Waals surface area (Å²) in [7, 11) is 0.624. The van der Waals surface area contributed by atoms with E-state index in [1.807, 2.05) is 27.0 Å². The molecule has 1 spiro atoms. The number of nitrogens with two attached hydrogens (primary N) is 1. The lowest BCUT2D eigenvalue weighted by molar-refractivity contribution is -0.117. The molecule has 2 unspecified atom stereocenters. The molecule has 1 amide bonds. The fourth-order valence-corrected chi connectivity index (χ4v) is 7.10. The van der Waals surface area contributed by atoms with Gasteiger partial charge in [0.2, 0.25) is 11.9 Å². The molecule has 4 heterocycles. The van der Waals surface area contributed by atoms with E-state index in [-0.39, 0.29) is 23.5 Å². The monoisotopic (exact) mass is 570 g/mol. The van der Waals surface area contributed by atoms with Crippen molar-refractivity contribution in [1.82, 2.24) is 20.2 Å². The third kappa shape index (κ3) is 6.02. The first-order valence-electron chi connectivity index (χ1n) is 14.2. The van der Waals surface area contributed by atoms with Crippen molar-refractivity contribution < 1.29 is 13.7 Å². The van der Waals surface area contributed by atoms with Gasteiger partial charge in [0.15, 0.2) is 0 Å². The van der Waals surface area contributed by atoms with E-state index in [9.17, 15) is 9.00 Å². The van der Waals surface area contributed by atoms with Gasteiger partial charge in [0.1, 0.15) is 10.7 Å². The first-order valence-corrected chi connectivity index (χ1v) is 15.6. The number of hydrogen-bond donors (Lipinski definition) is 3. The Morgan fingerprint density at radius 2 is 2.00 bits per heavy atom. The summed E-state index contributed by atoms with van der Waals surface area (Å²) in [4.78, 5) is 32.3. The maximum absolute atomic E-state index is 13.0. The van der Waals surface area contributed by atoms with E-state index >= 15 is 0 Å². The lowest BCUT2D eigenvalue weighted by Crippen LogP contribution is -2.53. The number of allylic oxidation sites excluding steroid dienone is 1. The molecule has 11 nitrogen and oxygen atoms in total. The quantitative estimate of drug-likeness (QED) is 0.315. The molecule has 3 fully saturated rings. The molecule has 2 saturated heterocycles. The lowest BCUT2D eigenvalue weighted by atomic mass is 10.1. The number of nitrogens with one attached hydrogen (secondary N) is 2. The van der Waals surface area contributed by atoms with Crippen LogP contribution in [0.25, 0.3) is 0 Å². The Morgan fingerprint density at radius 1 is 1.25 bits per heavy atom. The van der Waals surface area contributed by atoms with Crippen LogP contribution in [0.3, 0.4) is 0 Å². The fraction of sp³-hybridized carbons (Fsp3) is 0.643. The lowest BCUT2D eigenvalue weighted by Gasteiger charge is -2.42. The Morgan fingerprint density at radius 3 is 2.67 bits per heavy atom. The average molecular weight is 571 g/mol. The van der Waals surface area contributed by atoms with Crippen molar-refractivity contribution in [1.29, 1.82) is 0 Å². The summed E-state index contributed by atoms with van der Waals surface area (Å²) in [6.07, 6.45) is 8.35. The molecular weight excluding hydrogens is 528 g/mol. The van der Waals surface area contributed by atoms with Crippen LogP contribution in [-0.4, -0.2) is 94.5 Å². The fourth-order valence-electron chi connectivity index (χ4n) is 5.79. The number of nitrogens with zero attached hydrogens (tertiary/aromatic N) is 5. The Labute approximate surface area is 239 Å². The number of aryl methyl sites for hydroxylation is 1. The van der Waals surface area contributed by atoms with E-state index in [1.165, 1.54) is 0 Å². The van der Waals surface area contributed by atoms with Gasteiger partial charge in [-0.15, -0.1) is 0 Å². The van der Waals surface area contributed by atoms with Crippen molar-refractivity contribution in [3.05, 3.63) is 28.7 Å². The summed E-state index contributed by atoms with van der Waals surface area (Å²) >= 11 is 0. The number of ether oxygens (including phenoxy) is 1. The summed E-state index contributed by atoms with van der Waals surface area (Å²) in [5.74, 6) is 1.92. The molecular formula is C28H42N8O3S. The Kier molecular flexibility index (Phi) is 8.46. The number of amides is 1. The summed E-state index contributed by atoms with van der Waals surface area (Å²) in [6, 6.07) is 0.0212. The third-order valence-electron chi connectivity index (χ3n) is 8.30. The molecule has 1 aliphatic carbocycles. The van der Waals surface area contributed by atoms with Gasteiger partial charge >= 0.3 is 0 Å². The van der Waals surface area contributed by atoms with Crippen LogP contribution in [0.4, 0.5) is 11.8 Å². The Bertz CT molecular complexity index is 1250. The number of carbonyl (C=O) groups excluding carboxylic acids is 1. The van der Waals surface area contributed by atoms with Crippen LogP contribution in [0.5, 0.6) is 0 Å². The molecule has 1 saturated carbocycles. The predicted molar refractivity (Wildman–Crippen MR) is 158 cm³/mol. The highest BCUT2D eigenvalue weighted by molar-refractivity contribution is 7.85. The van der Waals surface area contributed by atoms with E-state index in [2.05, 4.69) is 25.4 Å². The number of aromatic nitrogens is 2. The van der Waals surface area contributed by atoms with Gasteiger partial charge in [0, 0.05) is 87.4 Å². The first kappa shape index (κ1) is 28.5. The van der Waals surface area contributed by atoms with Crippen molar-refractivity contribution >= 4 is 34.7 Å². The van der Waals surface area contributed by atoms with Gasteiger partial charge in [-0.1, -0.05) is 0 Å². The zero-order valence-electron chi connectivity index (χ0n) is 24.0. The third-order valence-corrected chi connectivity index (χ3v) is 9.76. The van der Waals surface area contributed by atoms with Gasteiger partial charge in [-0.3, -0.25) is 14.0 Å². The van der Waals surface area contributed by atoms with Crippen LogP contribution in [0.2, 0.25) is 0 Å². The predicted octanol–water partition coefficient (Wildman–Crippen LogP) is 1.73. The zero-order valence-corrected chi connectivity index (χ0v) is 24.9. The molecule has 2 atom stereocenters. The van der Waals surface area contributed by atoms with Crippen molar-refractivity contribution in [2.75, 3.05) is 55.9 Å². The Balaban J connectivity index is 1.29. The summed E-state index contributed by atoms with van der Waals surface area (Å²) in [6.45, 7) is 9.34. The van der Waals surface area contributed by atoms with Crippen LogP contribution in [0.1, 0.15) is 52.1 Å². The molecule has 1 aromatic rings. The highest BCUT2D eigenvalue weighted by Crippen LogP contribution is 2.45. The Hall–Kier alpha value is -2.99. The van der Waals surface area contributed by atoms with Gasteiger partial charge < -0.3 is 30.9 Å². The number of anilines is 2. The van der Waals surface area contributed by atoms with Gasteiger partial charge in [0.25, 0.3) is 0 Å². The number of fused-ring (bicyclic) bond motifs is 1. The van der Waals surface area contributed by atoms with Crippen molar-refractivity contribution in [2.45, 2.75) is 75.4 Å². The molecule has 5 rings (SSSR count). The van der Waals surface area contributed by atoms with Crippen molar-refractivity contribution in [2.24, 2.45) is 10.7 Å². The number of carbonyl (C=O) groups is 1.